The first kappa shape index (κ1) is 27.9. The number of halogens is 2. The van der Waals surface area contributed by atoms with Gasteiger partial charge in [-0.1, -0.05) is 35.7 Å². The van der Waals surface area contributed by atoms with Gasteiger partial charge in [-0.25, -0.2) is 31.7 Å². The third-order valence-electron chi connectivity index (χ3n) is 7.36. The van der Waals surface area contributed by atoms with Crippen LogP contribution in [-0.2, 0) is 19.6 Å². The van der Waals surface area contributed by atoms with Gasteiger partial charge in [0.25, 0.3) is 10.0 Å². The molecule has 0 saturated heterocycles. The fraction of sp³-hybridized carbons (Fsp3) is 0.333. The van der Waals surface area contributed by atoms with E-state index < -0.39 is 39.4 Å². The lowest BCUT2D eigenvalue weighted by molar-refractivity contribution is -0.162. The summed E-state index contributed by atoms with van der Waals surface area (Å²) in [6.07, 6.45) is 3.90. The maximum atomic E-state index is 14.9. The van der Waals surface area contributed by atoms with Crippen molar-refractivity contribution in [1.29, 1.82) is 0 Å². The second-order valence-corrected chi connectivity index (χ2v) is 12.3. The van der Waals surface area contributed by atoms with E-state index >= 15 is 0 Å². The molecule has 3 heterocycles. The van der Waals surface area contributed by atoms with Gasteiger partial charge in [0.15, 0.2) is 23.1 Å². The van der Waals surface area contributed by atoms with Gasteiger partial charge in [-0.15, -0.1) is 0 Å². The number of methoxy groups -OCH3 is 1. The van der Waals surface area contributed by atoms with E-state index in [0.29, 0.717) is 24.6 Å². The molecule has 13 heteroatoms. The van der Waals surface area contributed by atoms with Crippen LogP contribution in [0.2, 0.25) is 5.02 Å². The predicted octanol–water partition coefficient (Wildman–Crippen LogP) is 4.34. The zero-order chi connectivity index (χ0) is 28.8. The molecule has 1 aliphatic carbocycles. The minimum absolute atomic E-state index is 0.0110. The molecule has 0 bridgehead atoms. The summed E-state index contributed by atoms with van der Waals surface area (Å²) in [6.45, 7) is 3.46. The number of rotatable bonds is 6. The van der Waals surface area contributed by atoms with Crippen LogP contribution in [0.25, 0.3) is 22.4 Å². The monoisotopic (exact) mass is 587 g/mol. The summed E-state index contributed by atoms with van der Waals surface area (Å²) in [4.78, 5) is 25.1. The number of fused-ring (bicyclic) bond motifs is 1. The lowest BCUT2D eigenvalue weighted by atomic mass is 9.71. The number of aliphatic hydroxyl groups excluding tert-OH is 1. The number of aromatic nitrogens is 4. The smallest absolute Gasteiger partial charge is 0.314 e. The Morgan fingerprint density at radius 2 is 1.98 bits per heavy atom. The highest BCUT2D eigenvalue weighted by molar-refractivity contribution is 7.90. The molecule has 3 aromatic heterocycles. The molecule has 1 fully saturated rings. The van der Waals surface area contributed by atoms with Gasteiger partial charge in [0.1, 0.15) is 0 Å². The van der Waals surface area contributed by atoms with E-state index in [1.165, 1.54) is 37.7 Å². The number of aliphatic hydroxyl groups is 1. The van der Waals surface area contributed by atoms with E-state index in [9.17, 15) is 22.7 Å². The summed E-state index contributed by atoms with van der Waals surface area (Å²) in [5, 5.41) is 14.5. The largest absolute Gasteiger partial charge is 0.469 e. The molecular formula is C27H27ClFN5O5S. The molecule has 210 valence electrons. The Morgan fingerprint density at radius 3 is 2.67 bits per heavy atom. The molecule has 1 saturated carbocycles. The van der Waals surface area contributed by atoms with E-state index in [0.717, 1.165) is 15.7 Å². The second-order valence-electron chi connectivity index (χ2n) is 10.1. The van der Waals surface area contributed by atoms with Crippen molar-refractivity contribution in [2.75, 3.05) is 12.4 Å². The predicted molar refractivity (Wildman–Crippen MR) is 147 cm³/mol. The van der Waals surface area contributed by atoms with Crippen LogP contribution in [-0.4, -0.2) is 57.7 Å². The van der Waals surface area contributed by atoms with Gasteiger partial charge >= 0.3 is 5.97 Å². The highest BCUT2D eigenvalue weighted by Gasteiger charge is 2.48. The fourth-order valence-corrected chi connectivity index (χ4v) is 6.54. The van der Waals surface area contributed by atoms with E-state index in [4.69, 9.17) is 16.3 Å². The molecule has 1 aliphatic rings. The third kappa shape index (κ3) is 4.80. The number of esters is 1. The maximum Gasteiger partial charge on any atom is 0.314 e. The third-order valence-corrected chi connectivity index (χ3v) is 9.23. The molecular weight excluding hydrogens is 561 g/mol. The van der Waals surface area contributed by atoms with Crippen molar-refractivity contribution in [2.45, 2.75) is 50.2 Å². The standard InChI is InChI=1S/C27H27ClFN5O5S/c1-15-6-8-17(9-7-15)40(37,38)34-14-19(18-11-16(28)12-31-25(18)34)23-30-13-20(29)24(33-23)32-21-5-4-10-27(2,22(21)35)26(36)39-3/h6-9,11-14,21-22,35H,4-5,10H2,1-3H3,(H,30,32,33)/t21?,22-,27+/m1/s1. The normalized spacial score (nSPS) is 21.4. The van der Waals surface area contributed by atoms with Crippen molar-refractivity contribution in [1.82, 2.24) is 18.9 Å². The fourth-order valence-electron chi connectivity index (χ4n) is 5.06. The van der Waals surface area contributed by atoms with Crippen molar-refractivity contribution in [3.05, 3.63) is 65.3 Å². The topological polar surface area (TPSA) is 136 Å². The van der Waals surface area contributed by atoms with Gasteiger partial charge < -0.3 is 15.2 Å². The molecule has 5 rings (SSSR count). The van der Waals surface area contributed by atoms with Crippen LogP contribution in [0, 0.1) is 18.2 Å². The summed E-state index contributed by atoms with van der Waals surface area (Å²) in [5.41, 5.74) is 0.0832. The Morgan fingerprint density at radius 1 is 1.25 bits per heavy atom. The highest BCUT2D eigenvalue weighted by Crippen LogP contribution is 2.39. The lowest BCUT2D eigenvalue weighted by Gasteiger charge is -2.41. The highest BCUT2D eigenvalue weighted by atomic mass is 35.5. The Bertz CT molecular complexity index is 1710. The molecule has 3 atom stereocenters. The van der Waals surface area contributed by atoms with Gasteiger partial charge in [-0.05, 0) is 44.9 Å². The molecule has 40 heavy (non-hydrogen) atoms. The number of anilines is 1. The number of nitrogens with zero attached hydrogens (tertiary/aromatic N) is 4. The molecule has 0 radical (unpaired) electrons. The van der Waals surface area contributed by atoms with E-state index in [1.807, 2.05) is 6.92 Å². The number of ether oxygens (including phenoxy) is 1. The van der Waals surface area contributed by atoms with Gasteiger partial charge in [0.05, 0.1) is 40.8 Å². The summed E-state index contributed by atoms with van der Waals surface area (Å²) >= 11 is 6.20. The Hall–Kier alpha value is -3.61. The van der Waals surface area contributed by atoms with Crippen molar-refractivity contribution in [2.24, 2.45) is 5.41 Å². The first-order valence-electron chi connectivity index (χ1n) is 12.5. The number of hydrogen-bond acceptors (Lipinski definition) is 9. The molecule has 0 spiro atoms. The summed E-state index contributed by atoms with van der Waals surface area (Å²) < 4.78 is 47.9. The van der Waals surface area contributed by atoms with Crippen LogP contribution in [0.3, 0.4) is 0 Å². The molecule has 1 unspecified atom stereocenters. The second kappa shape index (κ2) is 10.4. The molecule has 1 aromatic carbocycles. The van der Waals surface area contributed by atoms with E-state index in [1.54, 1.807) is 19.1 Å². The minimum atomic E-state index is -4.07. The van der Waals surface area contributed by atoms with Crippen molar-refractivity contribution in [3.63, 3.8) is 0 Å². The Balaban J connectivity index is 1.57. The van der Waals surface area contributed by atoms with Crippen molar-refractivity contribution < 1.29 is 27.4 Å². The minimum Gasteiger partial charge on any atom is -0.469 e. The van der Waals surface area contributed by atoms with Gasteiger partial charge in [0.2, 0.25) is 0 Å². The van der Waals surface area contributed by atoms with Crippen LogP contribution in [0.5, 0.6) is 0 Å². The zero-order valence-corrected chi connectivity index (χ0v) is 23.5. The first-order valence-corrected chi connectivity index (χ1v) is 14.3. The van der Waals surface area contributed by atoms with E-state index in [2.05, 4.69) is 20.3 Å². The lowest BCUT2D eigenvalue weighted by Crippen LogP contribution is -2.53. The molecule has 4 aromatic rings. The number of carbonyl (C=O) groups excluding carboxylic acids is 1. The van der Waals surface area contributed by atoms with Crippen LogP contribution in [0.1, 0.15) is 31.7 Å². The van der Waals surface area contributed by atoms with Crippen LogP contribution in [0.15, 0.2) is 53.8 Å². The number of hydrogen-bond donors (Lipinski definition) is 2. The summed E-state index contributed by atoms with van der Waals surface area (Å²) in [6, 6.07) is 7.22. The van der Waals surface area contributed by atoms with E-state index in [-0.39, 0.29) is 32.8 Å². The Labute approximate surface area is 235 Å². The SMILES string of the molecule is COC(=O)[C@@]1(C)CCCC(Nc2nc(-c3cn(S(=O)(=O)c4ccc(C)cc4)c4ncc(Cl)cc34)ncc2F)[C@H]1O. The molecule has 0 amide bonds. The van der Waals surface area contributed by atoms with Crippen molar-refractivity contribution >= 4 is 44.4 Å². The number of benzene rings is 1. The first-order chi connectivity index (χ1) is 19.0. The van der Waals surface area contributed by atoms with Crippen molar-refractivity contribution in [3.8, 4) is 11.4 Å². The van der Waals surface area contributed by atoms with Crippen LogP contribution >= 0.6 is 11.6 Å². The van der Waals surface area contributed by atoms with Gasteiger partial charge in [-0.3, -0.25) is 4.79 Å². The summed E-state index contributed by atoms with van der Waals surface area (Å²) in [7, 11) is -2.81. The van der Waals surface area contributed by atoms with Gasteiger partial charge in [0, 0.05) is 23.3 Å². The number of pyridine rings is 1. The van der Waals surface area contributed by atoms with Crippen LogP contribution in [0.4, 0.5) is 10.2 Å². The number of aryl methyl sites for hydroxylation is 1. The van der Waals surface area contributed by atoms with Crippen LogP contribution < -0.4 is 5.32 Å². The molecule has 10 nitrogen and oxygen atoms in total. The number of carbonyl (C=O) groups is 1. The average molecular weight is 588 g/mol. The summed E-state index contributed by atoms with van der Waals surface area (Å²) in [5.74, 6) is -1.53. The number of nitrogens with one attached hydrogen (secondary N) is 1. The molecule has 2 N–H and O–H groups in total. The molecule has 0 aliphatic heterocycles. The Kier molecular flexibility index (Phi) is 7.28. The zero-order valence-electron chi connectivity index (χ0n) is 21.9. The quantitative estimate of drug-likeness (QED) is 0.316. The van der Waals surface area contributed by atoms with Gasteiger partial charge in [-0.2, -0.15) is 0 Å². The average Bonchev–Trinajstić information content (AvgIpc) is 3.31. The maximum absolute atomic E-state index is 14.9.